The first-order valence-corrected chi connectivity index (χ1v) is 7.28. The van der Waals surface area contributed by atoms with Gasteiger partial charge in [0.05, 0.1) is 17.1 Å². The number of azo groups is 1. The lowest BCUT2D eigenvalue weighted by Crippen LogP contribution is -1.66. The van der Waals surface area contributed by atoms with E-state index >= 15 is 0 Å². The molecule has 0 fully saturated rings. The molecule has 3 aromatic rings. The highest BCUT2D eigenvalue weighted by molar-refractivity contribution is 5.60. The summed E-state index contributed by atoms with van der Waals surface area (Å²) in [6.07, 6.45) is 0. The van der Waals surface area contributed by atoms with Crippen molar-refractivity contribution < 1.29 is 10.2 Å². The van der Waals surface area contributed by atoms with Crippen molar-refractivity contribution in [3.05, 3.63) is 89.3 Å². The molecule has 0 aromatic heterocycles. The Morgan fingerprint density at radius 2 is 1.28 bits per heavy atom. The number of azide groups is 1. The van der Waals surface area contributed by atoms with Crippen LogP contribution in [0.2, 0.25) is 0 Å². The fourth-order valence-corrected chi connectivity index (χ4v) is 1.78. The van der Waals surface area contributed by atoms with Gasteiger partial charge in [-0.2, -0.15) is 10.2 Å². The van der Waals surface area contributed by atoms with Gasteiger partial charge in [-0.1, -0.05) is 47.6 Å². The predicted molar refractivity (Wildman–Crippen MR) is 95.6 cm³/mol. The van der Waals surface area contributed by atoms with Gasteiger partial charge in [-0.25, -0.2) is 0 Å². The van der Waals surface area contributed by atoms with Crippen molar-refractivity contribution in [1.29, 1.82) is 0 Å². The van der Waals surface area contributed by atoms with Gasteiger partial charge in [-0.15, -0.1) is 0 Å². The Hall–Kier alpha value is -3.83. The molecule has 2 N–H and O–H groups in total. The summed E-state index contributed by atoms with van der Waals surface area (Å²) >= 11 is 0. The number of benzene rings is 3. The molecular formula is C18H15N5O2. The van der Waals surface area contributed by atoms with Gasteiger partial charge in [-0.05, 0) is 35.9 Å². The Bertz CT molecular complexity index is 873. The highest BCUT2D eigenvalue weighted by Gasteiger charge is 1.96. The van der Waals surface area contributed by atoms with Gasteiger partial charge in [0.2, 0.25) is 0 Å². The van der Waals surface area contributed by atoms with E-state index in [9.17, 15) is 0 Å². The number of phenols is 2. The van der Waals surface area contributed by atoms with Crippen LogP contribution in [0.15, 0.2) is 94.2 Å². The van der Waals surface area contributed by atoms with Gasteiger partial charge >= 0.3 is 0 Å². The Labute approximate surface area is 144 Å². The molecule has 3 aromatic carbocycles. The summed E-state index contributed by atoms with van der Waals surface area (Å²) in [6, 6.07) is 22.3. The third-order valence-electron chi connectivity index (χ3n) is 2.89. The molecule has 0 aliphatic rings. The zero-order valence-corrected chi connectivity index (χ0v) is 13.1. The SMILES string of the molecule is Oc1cccc(O)c1.[N-]=[N+]=Nc1ccccc1N=Nc1ccccc1. The number of nitrogens with zero attached hydrogens (tertiary/aromatic N) is 5. The molecule has 0 aliphatic heterocycles. The minimum atomic E-state index is 0.0880. The molecule has 0 unspecified atom stereocenters. The summed E-state index contributed by atoms with van der Waals surface area (Å²) in [5, 5.41) is 29.0. The van der Waals surface area contributed by atoms with E-state index in [1.54, 1.807) is 24.3 Å². The van der Waals surface area contributed by atoms with Gasteiger partial charge in [0, 0.05) is 11.0 Å². The lowest BCUT2D eigenvalue weighted by molar-refractivity contribution is 0.450. The molecular weight excluding hydrogens is 318 g/mol. The highest BCUT2D eigenvalue weighted by atomic mass is 16.3. The summed E-state index contributed by atoms with van der Waals surface area (Å²) in [5.41, 5.74) is 10.2. The molecule has 0 radical (unpaired) electrons. The molecule has 0 spiro atoms. The van der Waals surface area contributed by atoms with E-state index in [-0.39, 0.29) is 11.5 Å². The van der Waals surface area contributed by atoms with Crippen LogP contribution < -0.4 is 0 Å². The van der Waals surface area contributed by atoms with Crippen LogP contribution in [-0.4, -0.2) is 10.2 Å². The van der Waals surface area contributed by atoms with E-state index in [1.807, 2.05) is 36.4 Å². The van der Waals surface area contributed by atoms with Gasteiger partial charge in [0.25, 0.3) is 0 Å². The molecule has 124 valence electrons. The summed E-state index contributed by atoms with van der Waals surface area (Å²) in [5.74, 6) is 0.176. The molecule has 25 heavy (non-hydrogen) atoms. The predicted octanol–water partition coefficient (Wildman–Crippen LogP) is 6.14. The Morgan fingerprint density at radius 1 is 0.680 bits per heavy atom. The van der Waals surface area contributed by atoms with E-state index in [4.69, 9.17) is 15.7 Å². The third kappa shape index (κ3) is 6.05. The number of phenolic OH excluding ortho intramolecular Hbond substituents is 2. The van der Waals surface area contributed by atoms with Crippen LogP contribution in [0.4, 0.5) is 17.1 Å². The topological polar surface area (TPSA) is 114 Å². The first-order chi connectivity index (χ1) is 12.2. The van der Waals surface area contributed by atoms with E-state index in [1.165, 1.54) is 18.2 Å². The van der Waals surface area contributed by atoms with Crippen molar-refractivity contribution in [2.24, 2.45) is 15.3 Å². The van der Waals surface area contributed by atoms with E-state index in [0.29, 0.717) is 11.4 Å². The summed E-state index contributed by atoms with van der Waals surface area (Å²) in [6.45, 7) is 0. The summed E-state index contributed by atoms with van der Waals surface area (Å²) in [4.78, 5) is 2.74. The van der Waals surface area contributed by atoms with Gasteiger partial charge in [-0.3, -0.25) is 0 Å². The van der Waals surface area contributed by atoms with E-state index < -0.39 is 0 Å². The van der Waals surface area contributed by atoms with Crippen molar-refractivity contribution in [2.45, 2.75) is 0 Å². The zero-order valence-electron chi connectivity index (χ0n) is 13.1. The van der Waals surface area contributed by atoms with Crippen LogP contribution in [0.25, 0.3) is 10.4 Å². The number of hydrogen-bond acceptors (Lipinski definition) is 5. The molecule has 3 rings (SSSR count). The van der Waals surface area contributed by atoms with Crippen LogP contribution in [0.5, 0.6) is 11.5 Å². The van der Waals surface area contributed by atoms with Crippen LogP contribution in [0.3, 0.4) is 0 Å². The number of rotatable bonds is 3. The van der Waals surface area contributed by atoms with Gasteiger partial charge < -0.3 is 10.2 Å². The quantitative estimate of drug-likeness (QED) is 0.340. The van der Waals surface area contributed by atoms with Crippen molar-refractivity contribution >= 4 is 17.1 Å². The molecule has 0 bridgehead atoms. The largest absolute Gasteiger partial charge is 0.508 e. The third-order valence-corrected chi connectivity index (χ3v) is 2.89. The van der Waals surface area contributed by atoms with Crippen molar-refractivity contribution in [3.8, 4) is 11.5 Å². The normalized spacial score (nSPS) is 9.76. The average Bonchev–Trinajstić information content (AvgIpc) is 2.62. The fourth-order valence-electron chi connectivity index (χ4n) is 1.78. The first-order valence-electron chi connectivity index (χ1n) is 7.28. The molecule has 0 aliphatic carbocycles. The highest BCUT2D eigenvalue weighted by Crippen LogP contribution is 2.28. The monoisotopic (exact) mass is 333 g/mol. The first kappa shape index (κ1) is 17.5. The molecule has 7 nitrogen and oxygen atoms in total. The number of hydrogen-bond donors (Lipinski definition) is 2. The Morgan fingerprint density at radius 3 is 1.84 bits per heavy atom. The zero-order chi connectivity index (χ0) is 17.9. The molecule has 0 saturated heterocycles. The van der Waals surface area contributed by atoms with Crippen LogP contribution >= 0.6 is 0 Å². The second-order valence-corrected chi connectivity index (χ2v) is 4.73. The van der Waals surface area contributed by atoms with Gasteiger partial charge in [0.1, 0.15) is 11.5 Å². The smallest absolute Gasteiger partial charge is 0.119 e. The van der Waals surface area contributed by atoms with Crippen molar-refractivity contribution in [1.82, 2.24) is 0 Å². The molecule has 7 heteroatoms. The Balaban J connectivity index is 0.000000236. The van der Waals surface area contributed by atoms with Gasteiger partial charge in [0.15, 0.2) is 0 Å². The van der Waals surface area contributed by atoms with Crippen LogP contribution in [0, 0.1) is 0 Å². The maximum absolute atomic E-state index is 8.65. The maximum atomic E-state index is 8.65. The fraction of sp³-hybridized carbons (Fsp3) is 0. The minimum absolute atomic E-state index is 0.0880. The molecule has 0 atom stereocenters. The van der Waals surface area contributed by atoms with Crippen molar-refractivity contribution in [2.75, 3.05) is 0 Å². The standard InChI is InChI=1S/C12H9N5.C6H6O2/c13-17-16-12-9-5-4-8-11(12)15-14-10-6-2-1-3-7-10;7-5-2-1-3-6(8)4-5/h1-9H;1-4,7-8H. The van der Waals surface area contributed by atoms with Crippen molar-refractivity contribution in [3.63, 3.8) is 0 Å². The lowest BCUT2D eigenvalue weighted by Gasteiger charge is -1.96. The second-order valence-electron chi connectivity index (χ2n) is 4.73. The average molecular weight is 333 g/mol. The second kappa shape index (κ2) is 9.34. The van der Waals surface area contributed by atoms with Crippen LogP contribution in [0.1, 0.15) is 0 Å². The summed E-state index contributed by atoms with van der Waals surface area (Å²) < 4.78 is 0. The molecule has 0 amide bonds. The van der Waals surface area contributed by atoms with E-state index in [2.05, 4.69) is 20.3 Å². The molecule has 0 saturated carbocycles. The Kier molecular flexibility index (Phi) is 6.55. The lowest BCUT2D eigenvalue weighted by atomic mass is 10.3. The van der Waals surface area contributed by atoms with E-state index in [0.717, 1.165) is 5.69 Å². The maximum Gasteiger partial charge on any atom is 0.119 e. The van der Waals surface area contributed by atoms with Crippen LogP contribution in [-0.2, 0) is 0 Å². The minimum Gasteiger partial charge on any atom is -0.508 e. The molecule has 0 heterocycles. The summed E-state index contributed by atoms with van der Waals surface area (Å²) in [7, 11) is 0. The number of aromatic hydroxyl groups is 2.